The van der Waals surface area contributed by atoms with Gasteiger partial charge in [-0.2, -0.15) is 0 Å². The normalized spacial score (nSPS) is 20.6. The first kappa shape index (κ1) is 47.6. The third kappa shape index (κ3) is 24.0. The molecule has 0 bridgehead atoms. The van der Waals surface area contributed by atoms with Crippen LogP contribution in [0.5, 0.6) is 0 Å². The minimum absolute atomic E-state index is 0.0462. The average Bonchev–Trinajstić information content (AvgIpc) is 3.19. The molecule has 0 unspecified atom stereocenters. The Morgan fingerprint density at radius 1 is 0.722 bits per heavy atom. The van der Waals surface area contributed by atoms with Gasteiger partial charge in [-0.05, 0) is 26.2 Å². The van der Waals surface area contributed by atoms with Crippen LogP contribution in [-0.4, -0.2) is 87.3 Å². The Balaban J connectivity index is 2.98. The number of carbonyl (C=O) groups excluding carboxylic acids is 2. The smallest absolute Gasteiger partial charge is 0.470 e. The van der Waals surface area contributed by atoms with Crippen molar-refractivity contribution >= 4 is 12.3 Å². The van der Waals surface area contributed by atoms with Crippen LogP contribution in [0.4, 0.5) is 9.59 Å². The Bertz CT molecular complexity index is 980. The van der Waals surface area contributed by atoms with E-state index in [2.05, 4.69) is 20.1 Å². The summed E-state index contributed by atoms with van der Waals surface area (Å²) >= 11 is 0. The van der Waals surface area contributed by atoms with E-state index >= 15 is 0 Å². The fourth-order valence-corrected chi connectivity index (χ4v) is 6.38. The van der Waals surface area contributed by atoms with Crippen molar-refractivity contribution in [2.24, 2.45) is 0 Å². The molecule has 1 saturated heterocycles. The molecule has 0 aromatic rings. The molecule has 1 N–H and O–H groups in total. The monoisotopic (exact) mass is 770 g/mol. The molecule has 0 aliphatic carbocycles. The van der Waals surface area contributed by atoms with Gasteiger partial charge in [0.05, 0.1) is 19.5 Å². The molecule has 1 aliphatic rings. The van der Waals surface area contributed by atoms with Gasteiger partial charge in [-0.25, -0.2) is 9.59 Å². The fraction of sp³-hybridized carbons (Fsp3) is 0.814. The van der Waals surface area contributed by atoms with Gasteiger partial charge >= 0.3 is 12.3 Å². The molecule has 1 heterocycles. The molecule has 0 radical (unpaired) electrons. The third-order valence-electron chi connectivity index (χ3n) is 9.34. The van der Waals surface area contributed by atoms with Crippen LogP contribution in [-0.2, 0) is 37.9 Å². The zero-order chi connectivity index (χ0) is 40.2. The Morgan fingerprint density at radius 2 is 1.28 bits per heavy atom. The highest BCUT2D eigenvalue weighted by atomic mass is 16.8. The topological polar surface area (TPSA) is 128 Å². The zero-order valence-corrected chi connectivity index (χ0v) is 33.8. The molecular weight excluding hydrogens is 692 g/mol. The summed E-state index contributed by atoms with van der Waals surface area (Å²) in [6.07, 6.45) is 21.8. The van der Waals surface area contributed by atoms with Crippen molar-refractivity contribution in [3.63, 3.8) is 0 Å². The van der Waals surface area contributed by atoms with Crippen LogP contribution in [0, 0.1) is 0 Å². The van der Waals surface area contributed by atoms with Crippen LogP contribution in [0.1, 0.15) is 157 Å². The van der Waals surface area contributed by atoms with E-state index in [-0.39, 0.29) is 19.8 Å². The highest BCUT2D eigenvalue weighted by Gasteiger charge is 2.50. The Labute approximate surface area is 328 Å². The summed E-state index contributed by atoms with van der Waals surface area (Å²) in [6.45, 7) is 11.8. The number of rotatable bonds is 35. The molecule has 11 heteroatoms. The second kappa shape index (κ2) is 34.9. The molecule has 0 amide bonds. The number of aliphatic hydroxyl groups is 1. The van der Waals surface area contributed by atoms with Crippen molar-refractivity contribution in [2.45, 2.75) is 192 Å². The highest BCUT2D eigenvalue weighted by molar-refractivity contribution is 5.60. The van der Waals surface area contributed by atoms with Gasteiger partial charge in [0.1, 0.15) is 37.6 Å². The van der Waals surface area contributed by atoms with Crippen molar-refractivity contribution in [1.82, 2.24) is 0 Å². The predicted octanol–water partition coefficient (Wildman–Crippen LogP) is 10.7. The lowest BCUT2D eigenvalue weighted by Crippen LogP contribution is -2.62. The van der Waals surface area contributed by atoms with E-state index in [4.69, 9.17) is 39.3 Å². The maximum absolute atomic E-state index is 12.7. The van der Waals surface area contributed by atoms with Gasteiger partial charge in [0.2, 0.25) is 6.29 Å². The Hall–Kier alpha value is -2.60. The number of ether oxygens (including phenoxy) is 8. The van der Waals surface area contributed by atoms with Gasteiger partial charge in [-0.15, -0.1) is 0 Å². The lowest BCUT2D eigenvalue weighted by Gasteiger charge is -2.44. The van der Waals surface area contributed by atoms with E-state index in [1.54, 1.807) is 13.0 Å². The van der Waals surface area contributed by atoms with Gasteiger partial charge in [-0.1, -0.05) is 154 Å². The molecule has 314 valence electrons. The maximum atomic E-state index is 12.7. The van der Waals surface area contributed by atoms with Gasteiger partial charge in [0, 0.05) is 14.4 Å². The average molecular weight is 770 g/mol. The maximum Gasteiger partial charge on any atom is 0.509 e. The standard InChI is InChI=1S/C43H76O11/c1-6-11-13-15-17-19-21-23-25-27-33-47-39-38(54-43(46)51-32-10-5)37(35-44)53-41(49-30-8-3)40(39)48-34-29-36(52-42(45)50-31-9-4)28-26-24-22-20-18-16-14-12-7-2/h8-10,30,36-41,44H,4-7,11-29,31-35H2,1-3H3/b30-8+/t36-,37-,38-,39+,40-,41+/m1/s1/i1D. The van der Waals surface area contributed by atoms with Crippen molar-refractivity contribution in [3.8, 4) is 0 Å². The second-order valence-electron chi connectivity index (χ2n) is 14.0. The number of unbranched alkanes of at least 4 members (excludes halogenated alkanes) is 17. The number of hydrogen-bond acceptors (Lipinski definition) is 11. The number of aliphatic hydroxyl groups excluding tert-OH is 1. The van der Waals surface area contributed by atoms with Gasteiger partial charge in [-0.3, -0.25) is 0 Å². The molecule has 0 spiro atoms. The fourth-order valence-electron chi connectivity index (χ4n) is 6.38. The Kier molecular flexibility index (Phi) is 30.7. The van der Waals surface area contributed by atoms with E-state index in [0.29, 0.717) is 26.3 Å². The molecule has 1 rings (SSSR count). The zero-order valence-electron chi connectivity index (χ0n) is 34.8. The summed E-state index contributed by atoms with van der Waals surface area (Å²) in [4.78, 5) is 25.1. The minimum Gasteiger partial charge on any atom is -0.470 e. The van der Waals surface area contributed by atoms with Crippen LogP contribution in [0.15, 0.2) is 37.6 Å². The van der Waals surface area contributed by atoms with Gasteiger partial charge in [0.25, 0.3) is 0 Å². The summed E-state index contributed by atoms with van der Waals surface area (Å²) in [5.74, 6) is 0. The summed E-state index contributed by atoms with van der Waals surface area (Å²) in [7, 11) is 0. The van der Waals surface area contributed by atoms with Crippen molar-refractivity contribution in [3.05, 3.63) is 37.6 Å². The van der Waals surface area contributed by atoms with Crippen LogP contribution in [0.2, 0.25) is 0 Å². The first-order valence-electron chi connectivity index (χ1n) is 21.6. The Morgan fingerprint density at radius 3 is 1.85 bits per heavy atom. The SMILES string of the molecule is [2H]CCCCCCCCCCCCO[C@@H]1[C@@H](OCC[C@@H](CCCCCCCCCCC)OC(=O)OCC=C)[C@@H](O/C=C/C)O[C@H](CO)[C@H]1OC(=O)OCC=C. The highest BCUT2D eigenvalue weighted by Crippen LogP contribution is 2.30. The first-order valence-corrected chi connectivity index (χ1v) is 20.9. The van der Waals surface area contributed by atoms with E-state index in [1.165, 1.54) is 82.6 Å². The second-order valence-corrected chi connectivity index (χ2v) is 14.0. The lowest BCUT2D eigenvalue weighted by molar-refractivity contribution is -0.306. The lowest BCUT2D eigenvalue weighted by atomic mass is 9.98. The van der Waals surface area contributed by atoms with Gasteiger partial charge < -0.3 is 43.0 Å². The van der Waals surface area contributed by atoms with Gasteiger partial charge in [0.15, 0.2) is 6.10 Å². The third-order valence-corrected chi connectivity index (χ3v) is 9.34. The van der Waals surface area contributed by atoms with Crippen molar-refractivity contribution in [2.75, 3.05) is 33.0 Å². The molecule has 6 atom stereocenters. The molecule has 1 aliphatic heterocycles. The molecule has 0 saturated carbocycles. The summed E-state index contributed by atoms with van der Waals surface area (Å²) in [5, 5.41) is 10.3. The number of allylic oxidation sites excluding steroid dienone is 1. The first-order chi connectivity index (χ1) is 26.9. The van der Waals surface area contributed by atoms with Crippen LogP contribution >= 0.6 is 0 Å². The molecule has 0 aromatic carbocycles. The summed E-state index contributed by atoms with van der Waals surface area (Å²) in [6, 6.07) is 0. The summed E-state index contributed by atoms with van der Waals surface area (Å²) < 4.78 is 53.8. The van der Waals surface area contributed by atoms with E-state index < -0.39 is 55.7 Å². The van der Waals surface area contributed by atoms with Crippen molar-refractivity contribution < 1.29 is 54.0 Å². The predicted molar refractivity (Wildman–Crippen MR) is 212 cm³/mol. The minimum atomic E-state index is -1.06. The number of hydrogen-bond donors (Lipinski definition) is 1. The van der Waals surface area contributed by atoms with E-state index in [0.717, 1.165) is 57.8 Å². The van der Waals surface area contributed by atoms with Crippen LogP contribution in [0.25, 0.3) is 0 Å². The quantitative estimate of drug-likeness (QED) is 0.0286. The molecule has 1 fully saturated rings. The largest absolute Gasteiger partial charge is 0.509 e. The van der Waals surface area contributed by atoms with Crippen LogP contribution < -0.4 is 0 Å². The summed E-state index contributed by atoms with van der Waals surface area (Å²) in [5.41, 5.74) is 0. The van der Waals surface area contributed by atoms with Crippen LogP contribution in [0.3, 0.4) is 0 Å². The number of carbonyl (C=O) groups is 2. The molecule has 0 aromatic heterocycles. The van der Waals surface area contributed by atoms with Crippen molar-refractivity contribution in [1.29, 1.82) is 0 Å². The van der Waals surface area contributed by atoms with E-state index in [1.807, 2.05) is 0 Å². The molecule has 11 nitrogen and oxygen atoms in total. The molecular formula is C43H76O11. The van der Waals surface area contributed by atoms with E-state index in [9.17, 15) is 14.7 Å². The molecule has 54 heavy (non-hydrogen) atoms.